The molecule has 3 rings (SSSR count). The van der Waals surface area contributed by atoms with Crippen molar-refractivity contribution in [2.75, 3.05) is 0 Å². The van der Waals surface area contributed by atoms with Crippen LogP contribution in [0.1, 0.15) is 56.0 Å². The maximum atomic E-state index is 6.74. The number of halogens is 1. The molecule has 104 valence electrons. The minimum Gasteiger partial charge on any atom is -0.117 e. The van der Waals surface area contributed by atoms with Gasteiger partial charge in [-0.3, -0.25) is 0 Å². The highest BCUT2D eigenvalue weighted by molar-refractivity contribution is 6.21. The Bertz CT molecular complexity index is 408. The lowest BCUT2D eigenvalue weighted by atomic mass is 9.99. The molecule has 0 amide bonds. The normalized spacial score (nSPS) is 31.1. The van der Waals surface area contributed by atoms with Crippen LogP contribution < -0.4 is 0 Å². The number of benzene rings is 1. The van der Waals surface area contributed by atoms with Crippen LogP contribution in [0.3, 0.4) is 0 Å². The van der Waals surface area contributed by atoms with Gasteiger partial charge in [0, 0.05) is 0 Å². The summed E-state index contributed by atoms with van der Waals surface area (Å²) in [4.78, 5) is 0. The Morgan fingerprint density at radius 3 is 2.16 bits per heavy atom. The molecule has 1 aromatic rings. The minimum absolute atomic E-state index is 0.251. The summed E-state index contributed by atoms with van der Waals surface area (Å²) >= 11 is 6.74. The van der Waals surface area contributed by atoms with Gasteiger partial charge in [0.15, 0.2) is 0 Å². The van der Waals surface area contributed by atoms with E-state index in [2.05, 4.69) is 38.1 Å². The molecule has 2 aliphatic carbocycles. The monoisotopic (exact) mass is 276 g/mol. The van der Waals surface area contributed by atoms with E-state index < -0.39 is 0 Å². The molecule has 0 heterocycles. The number of rotatable bonds is 4. The first-order valence-electron chi connectivity index (χ1n) is 7.89. The largest absolute Gasteiger partial charge is 0.117 e. The standard InChI is InChI=1S/C18H25Cl/c1-12(2)11-13-7-9-14(10-8-13)18(19)17-15-5-3-4-6-16(15)17/h7-10,12,15-18H,3-6,11H2,1-2H3. The summed E-state index contributed by atoms with van der Waals surface area (Å²) in [5.74, 6) is 3.36. The van der Waals surface area contributed by atoms with Gasteiger partial charge in [0.05, 0.1) is 5.38 Å². The fourth-order valence-electron chi connectivity index (χ4n) is 4.01. The van der Waals surface area contributed by atoms with Crippen molar-refractivity contribution in [2.24, 2.45) is 23.7 Å². The van der Waals surface area contributed by atoms with Crippen LogP contribution in [-0.4, -0.2) is 0 Å². The molecule has 0 saturated heterocycles. The zero-order chi connectivity index (χ0) is 13.4. The van der Waals surface area contributed by atoms with Crippen molar-refractivity contribution in [3.63, 3.8) is 0 Å². The predicted molar refractivity (Wildman–Crippen MR) is 82.5 cm³/mol. The van der Waals surface area contributed by atoms with Crippen LogP contribution >= 0.6 is 11.6 Å². The first-order valence-corrected chi connectivity index (χ1v) is 8.33. The fourth-order valence-corrected chi connectivity index (χ4v) is 4.53. The summed E-state index contributed by atoms with van der Waals surface area (Å²) in [5, 5.41) is 0.251. The average molecular weight is 277 g/mol. The van der Waals surface area contributed by atoms with Gasteiger partial charge in [-0.25, -0.2) is 0 Å². The minimum atomic E-state index is 0.251. The van der Waals surface area contributed by atoms with Crippen LogP contribution in [0.2, 0.25) is 0 Å². The molecule has 2 fully saturated rings. The van der Waals surface area contributed by atoms with E-state index >= 15 is 0 Å². The topological polar surface area (TPSA) is 0 Å². The summed E-state index contributed by atoms with van der Waals surface area (Å²) in [6.07, 6.45) is 6.86. The SMILES string of the molecule is CC(C)Cc1ccc(C(Cl)C2C3CCCCC32)cc1. The van der Waals surface area contributed by atoms with Gasteiger partial charge in [0.25, 0.3) is 0 Å². The Hall–Kier alpha value is -0.490. The summed E-state index contributed by atoms with van der Waals surface area (Å²) in [6, 6.07) is 9.08. The Kier molecular flexibility index (Phi) is 3.89. The lowest BCUT2D eigenvalue weighted by molar-refractivity contribution is 0.480. The molecule has 2 aliphatic rings. The third kappa shape index (κ3) is 2.84. The second kappa shape index (κ2) is 5.48. The van der Waals surface area contributed by atoms with Crippen molar-refractivity contribution in [3.8, 4) is 0 Å². The Morgan fingerprint density at radius 2 is 1.63 bits per heavy atom. The van der Waals surface area contributed by atoms with Crippen molar-refractivity contribution < 1.29 is 0 Å². The molecule has 3 unspecified atom stereocenters. The average Bonchev–Trinajstić information content (AvgIpc) is 3.12. The lowest BCUT2D eigenvalue weighted by Gasteiger charge is -2.11. The summed E-state index contributed by atoms with van der Waals surface area (Å²) in [7, 11) is 0. The van der Waals surface area contributed by atoms with Gasteiger partial charge in [0.1, 0.15) is 0 Å². The highest BCUT2D eigenvalue weighted by atomic mass is 35.5. The molecule has 2 saturated carbocycles. The van der Waals surface area contributed by atoms with Crippen LogP contribution in [0.15, 0.2) is 24.3 Å². The summed E-state index contributed by atoms with van der Waals surface area (Å²) < 4.78 is 0. The summed E-state index contributed by atoms with van der Waals surface area (Å²) in [6.45, 7) is 4.54. The van der Waals surface area contributed by atoms with Crippen LogP contribution in [0.5, 0.6) is 0 Å². The molecule has 0 bridgehead atoms. The first-order chi connectivity index (χ1) is 9.16. The highest BCUT2D eigenvalue weighted by Gasteiger charge is 2.53. The summed E-state index contributed by atoms with van der Waals surface area (Å²) in [5.41, 5.74) is 2.78. The van der Waals surface area contributed by atoms with Crippen molar-refractivity contribution in [2.45, 2.75) is 51.3 Å². The Morgan fingerprint density at radius 1 is 1.05 bits per heavy atom. The van der Waals surface area contributed by atoms with E-state index in [1.54, 1.807) is 0 Å². The van der Waals surface area contributed by atoms with Gasteiger partial charge < -0.3 is 0 Å². The molecule has 0 nitrogen and oxygen atoms in total. The Balaban J connectivity index is 1.65. The maximum absolute atomic E-state index is 6.74. The van der Waals surface area contributed by atoms with E-state index in [-0.39, 0.29) is 5.38 Å². The molecule has 0 N–H and O–H groups in total. The first kappa shape index (κ1) is 13.5. The molecule has 0 radical (unpaired) electrons. The van der Waals surface area contributed by atoms with E-state index in [1.807, 2.05) is 0 Å². The highest BCUT2D eigenvalue weighted by Crippen LogP contribution is 2.62. The molecule has 0 aromatic heterocycles. The molecule has 3 atom stereocenters. The number of hydrogen-bond acceptors (Lipinski definition) is 0. The van der Waals surface area contributed by atoms with Gasteiger partial charge >= 0.3 is 0 Å². The van der Waals surface area contributed by atoms with Gasteiger partial charge in [-0.2, -0.15) is 0 Å². The van der Waals surface area contributed by atoms with Gasteiger partial charge in [-0.1, -0.05) is 51.0 Å². The third-order valence-corrected chi connectivity index (χ3v) is 5.55. The Labute approximate surface area is 122 Å². The molecule has 0 spiro atoms. The molecular formula is C18H25Cl. The van der Waals surface area contributed by atoms with Crippen molar-refractivity contribution in [1.82, 2.24) is 0 Å². The van der Waals surface area contributed by atoms with Crippen molar-refractivity contribution >= 4 is 11.6 Å². The molecule has 19 heavy (non-hydrogen) atoms. The zero-order valence-electron chi connectivity index (χ0n) is 12.1. The number of fused-ring (bicyclic) bond motifs is 1. The molecular weight excluding hydrogens is 252 g/mol. The molecule has 0 aliphatic heterocycles. The second-order valence-electron chi connectivity index (χ2n) is 6.93. The zero-order valence-corrected chi connectivity index (χ0v) is 12.9. The van der Waals surface area contributed by atoms with E-state index in [0.29, 0.717) is 0 Å². The van der Waals surface area contributed by atoms with Gasteiger partial charge in [-0.05, 0) is 54.1 Å². The van der Waals surface area contributed by atoms with E-state index in [1.165, 1.54) is 43.2 Å². The van der Waals surface area contributed by atoms with Crippen molar-refractivity contribution in [1.29, 1.82) is 0 Å². The van der Waals surface area contributed by atoms with Crippen LogP contribution in [-0.2, 0) is 6.42 Å². The molecule has 1 aromatic carbocycles. The van der Waals surface area contributed by atoms with Gasteiger partial charge in [0.2, 0.25) is 0 Å². The van der Waals surface area contributed by atoms with Crippen molar-refractivity contribution in [3.05, 3.63) is 35.4 Å². The van der Waals surface area contributed by atoms with E-state index in [9.17, 15) is 0 Å². The fraction of sp³-hybridized carbons (Fsp3) is 0.667. The number of hydrogen-bond donors (Lipinski definition) is 0. The second-order valence-corrected chi connectivity index (χ2v) is 7.40. The number of alkyl halides is 1. The van der Waals surface area contributed by atoms with Crippen LogP contribution in [0.25, 0.3) is 0 Å². The van der Waals surface area contributed by atoms with E-state index in [4.69, 9.17) is 11.6 Å². The van der Waals surface area contributed by atoms with Crippen LogP contribution in [0.4, 0.5) is 0 Å². The smallest absolute Gasteiger partial charge is 0.0618 e. The van der Waals surface area contributed by atoms with Gasteiger partial charge in [-0.15, -0.1) is 11.6 Å². The maximum Gasteiger partial charge on any atom is 0.0618 e. The molecule has 1 heteroatoms. The predicted octanol–water partition coefficient (Wildman–Crippen LogP) is 5.60. The third-order valence-electron chi connectivity index (χ3n) is 5.00. The van der Waals surface area contributed by atoms with E-state index in [0.717, 1.165) is 23.7 Å². The quantitative estimate of drug-likeness (QED) is 0.628. The van der Waals surface area contributed by atoms with Crippen LogP contribution in [0, 0.1) is 23.7 Å². The lowest BCUT2D eigenvalue weighted by Crippen LogP contribution is -1.98.